The maximum Gasteiger partial charge on any atom is 2.00 e. The summed E-state index contributed by atoms with van der Waals surface area (Å²) >= 11 is 0. The molecular weight excluding hydrogens is 159 g/mol. The topological polar surface area (TPSA) is 58.2 Å². The smallest absolute Gasteiger partial charge is 0.518 e. The molecule has 0 saturated heterocycles. The van der Waals surface area contributed by atoms with Gasteiger partial charge in [-0.15, -0.1) is 6.41 Å². The van der Waals surface area contributed by atoms with Crippen molar-refractivity contribution in [3.05, 3.63) is 7.43 Å². The van der Waals surface area contributed by atoms with Crippen LogP contribution in [0.2, 0.25) is 0 Å². The number of rotatable bonds is 2. The SMILES string of the molecule is CC(=O)NN[C-]=O.[CH3-].[V+2]. The van der Waals surface area contributed by atoms with Crippen molar-refractivity contribution in [2.75, 3.05) is 0 Å². The van der Waals surface area contributed by atoms with E-state index in [1.54, 1.807) is 0 Å². The molecule has 0 heterocycles. The maximum atomic E-state index is 9.85. The van der Waals surface area contributed by atoms with Gasteiger partial charge >= 0.3 is 18.6 Å². The van der Waals surface area contributed by atoms with Crippen molar-refractivity contribution in [3.63, 3.8) is 0 Å². The van der Waals surface area contributed by atoms with Crippen molar-refractivity contribution >= 4 is 12.3 Å². The van der Waals surface area contributed by atoms with Crippen molar-refractivity contribution in [3.8, 4) is 0 Å². The first-order valence-corrected chi connectivity index (χ1v) is 1.66. The van der Waals surface area contributed by atoms with Crippen LogP contribution in [0.4, 0.5) is 0 Å². The summed E-state index contributed by atoms with van der Waals surface area (Å²) in [6.45, 7) is 1.28. The van der Waals surface area contributed by atoms with E-state index in [1.807, 2.05) is 10.9 Å². The molecule has 0 aliphatic heterocycles. The molecule has 0 aliphatic rings. The van der Waals surface area contributed by atoms with E-state index in [0.29, 0.717) is 0 Å². The van der Waals surface area contributed by atoms with Crippen LogP contribution in [0.25, 0.3) is 0 Å². The van der Waals surface area contributed by atoms with Crippen LogP contribution in [0.5, 0.6) is 0 Å². The van der Waals surface area contributed by atoms with Crippen molar-refractivity contribution < 1.29 is 28.1 Å². The Bertz CT molecular complexity index is 86.6. The first-order valence-electron chi connectivity index (χ1n) is 1.66. The first kappa shape index (κ1) is 15.8. The van der Waals surface area contributed by atoms with Gasteiger partial charge in [0, 0.05) is 6.92 Å². The molecule has 0 fully saturated rings. The van der Waals surface area contributed by atoms with E-state index < -0.39 is 0 Å². The van der Waals surface area contributed by atoms with Crippen LogP contribution in [0, 0.1) is 7.43 Å². The summed E-state index contributed by atoms with van der Waals surface area (Å²) < 4.78 is 0. The Morgan fingerprint density at radius 1 is 1.56 bits per heavy atom. The van der Waals surface area contributed by atoms with Gasteiger partial charge in [-0.05, 0) is 0 Å². The molecule has 0 unspecified atom stereocenters. The third-order valence-corrected chi connectivity index (χ3v) is 0.290. The van der Waals surface area contributed by atoms with Gasteiger partial charge in [-0.2, -0.15) is 0 Å². The monoisotopic (exact) mass is 167 g/mol. The largest absolute Gasteiger partial charge is 2.00 e. The molecule has 0 saturated carbocycles. The maximum absolute atomic E-state index is 9.85. The Kier molecular flexibility index (Phi) is 18.4. The molecule has 0 aromatic heterocycles. The van der Waals surface area contributed by atoms with Crippen LogP contribution < -0.4 is 10.9 Å². The van der Waals surface area contributed by atoms with Gasteiger partial charge < -0.3 is 23.1 Å². The second-order valence-corrected chi connectivity index (χ2v) is 0.908. The molecule has 2 N–H and O–H groups in total. The van der Waals surface area contributed by atoms with Crippen molar-refractivity contribution in [1.29, 1.82) is 0 Å². The Hall–Kier alpha value is -0.476. The van der Waals surface area contributed by atoms with E-state index in [-0.39, 0.29) is 31.9 Å². The zero-order chi connectivity index (χ0) is 5.70. The Morgan fingerprint density at radius 2 is 2.00 bits per heavy atom. The van der Waals surface area contributed by atoms with Gasteiger partial charge in [-0.3, -0.25) is 4.79 Å². The molecule has 0 bridgehead atoms. The Balaban J connectivity index is -0.000000180. The van der Waals surface area contributed by atoms with E-state index in [0.717, 1.165) is 0 Å². The first-order chi connectivity index (χ1) is 3.27. The summed E-state index contributed by atoms with van der Waals surface area (Å²) in [4.78, 5) is 19.1. The van der Waals surface area contributed by atoms with Crippen LogP contribution >= 0.6 is 0 Å². The van der Waals surface area contributed by atoms with Gasteiger partial charge in [0.1, 0.15) is 0 Å². The molecule has 0 aliphatic carbocycles. The van der Waals surface area contributed by atoms with Crippen LogP contribution in [0.1, 0.15) is 6.92 Å². The van der Waals surface area contributed by atoms with Crippen molar-refractivity contribution in [1.82, 2.24) is 10.9 Å². The average molecular weight is 167 g/mol. The average Bonchev–Trinajstić information content (AvgIpc) is 1.61. The zero-order valence-electron chi connectivity index (χ0n) is 5.26. The summed E-state index contributed by atoms with van der Waals surface area (Å²) in [6.07, 6.45) is 1.27. The number of carbonyl (C=O) groups is 1. The van der Waals surface area contributed by atoms with Crippen LogP contribution in [0.3, 0.4) is 0 Å². The summed E-state index contributed by atoms with van der Waals surface area (Å²) in [5.74, 6) is -0.316. The van der Waals surface area contributed by atoms with Crippen LogP contribution in [-0.2, 0) is 28.1 Å². The van der Waals surface area contributed by atoms with E-state index >= 15 is 0 Å². The van der Waals surface area contributed by atoms with Gasteiger partial charge in [0.2, 0.25) is 5.91 Å². The minimum absolute atomic E-state index is 0. The second-order valence-electron chi connectivity index (χ2n) is 0.908. The molecule has 0 aromatic carbocycles. The van der Waals surface area contributed by atoms with Gasteiger partial charge in [0.25, 0.3) is 0 Å². The number of carbonyl (C=O) groups excluding carboxylic acids is 2. The number of nitrogens with one attached hydrogen (secondary N) is 2. The summed E-state index contributed by atoms with van der Waals surface area (Å²) in [6, 6.07) is 0. The Morgan fingerprint density at radius 3 is 2.11 bits per heavy atom. The number of hydrazine groups is 1. The molecule has 0 aromatic rings. The van der Waals surface area contributed by atoms with Crippen LogP contribution in [0.15, 0.2) is 0 Å². The zero-order valence-corrected chi connectivity index (χ0v) is 6.66. The molecule has 0 atom stereocenters. The summed E-state index contributed by atoms with van der Waals surface area (Å²) in [7, 11) is 0. The van der Waals surface area contributed by atoms with E-state index in [1.165, 1.54) is 13.3 Å². The van der Waals surface area contributed by atoms with Crippen molar-refractivity contribution in [2.24, 2.45) is 0 Å². The normalized spacial score (nSPS) is 5.44. The van der Waals surface area contributed by atoms with E-state index in [2.05, 4.69) is 0 Å². The number of hydrogen-bond acceptors (Lipinski definition) is 2. The molecule has 1 radical (unpaired) electrons. The molecule has 0 spiro atoms. The standard InChI is InChI=1S/C3H5N2O2.CH3.V/c1-3(7)5-4-2-6;;/h1H3,(H,4,6)(H,5,7);1H3;/q2*-1;+2. The third kappa shape index (κ3) is 18.5. The number of hydrogen-bond donors (Lipinski definition) is 2. The predicted molar refractivity (Wildman–Crippen MR) is 29.1 cm³/mol. The van der Waals surface area contributed by atoms with Crippen molar-refractivity contribution in [2.45, 2.75) is 6.92 Å². The molecule has 0 rings (SSSR count). The van der Waals surface area contributed by atoms with Gasteiger partial charge in [0.05, 0.1) is 0 Å². The fourth-order valence-electron chi connectivity index (χ4n) is 0.114. The predicted octanol–water partition coefficient (Wildman–Crippen LogP) is -0.858. The Labute approximate surface area is 66.2 Å². The minimum atomic E-state index is -0.316. The fraction of sp³-hybridized carbons (Fsp3) is 0.250. The van der Waals surface area contributed by atoms with E-state index in [9.17, 15) is 9.59 Å². The molecule has 51 valence electrons. The minimum Gasteiger partial charge on any atom is -0.518 e. The third-order valence-electron chi connectivity index (χ3n) is 0.290. The summed E-state index contributed by atoms with van der Waals surface area (Å²) in [5.41, 5.74) is 3.83. The van der Waals surface area contributed by atoms with Gasteiger partial charge in [-0.25, -0.2) is 0 Å². The fourth-order valence-corrected chi connectivity index (χ4v) is 0.114. The molecular formula is C4H8N2O2V. The summed E-state index contributed by atoms with van der Waals surface area (Å²) in [5, 5.41) is 0. The molecule has 2 amide bonds. The second kappa shape index (κ2) is 10.5. The quantitative estimate of drug-likeness (QED) is 0.319. The van der Waals surface area contributed by atoms with Gasteiger partial charge in [0.15, 0.2) is 0 Å². The van der Waals surface area contributed by atoms with Gasteiger partial charge in [-0.1, -0.05) is 0 Å². The van der Waals surface area contributed by atoms with E-state index in [4.69, 9.17) is 0 Å². The number of amides is 2. The molecule has 9 heavy (non-hydrogen) atoms. The van der Waals surface area contributed by atoms with Crippen LogP contribution in [-0.4, -0.2) is 12.3 Å². The molecule has 4 nitrogen and oxygen atoms in total. The molecule has 5 heteroatoms.